The molecule has 0 saturated carbocycles. The number of anilines is 1. The molecule has 4 nitrogen and oxygen atoms in total. The van der Waals surface area contributed by atoms with E-state index in [1.807, 2.05) is 0 Å². The van der Waals surface area contributed by atoms with Gasteiger partial charge < -0.3 is 10.5 Å². The van der Waals surface area contributed by atoms with Crippen molar-refractivity contribution in [2.75, 3.05) is 18.1 Å². The lowest BCUT2D eigenvalue weighted by molar-refractivity contribution is 0.325. The molecular weight excluding hydrogens is 261 g/mol. The van der Waals surface area contributed by atoms with Crippen molar-refractivity contribution in [3.05, 3.63) is 30.1 Å². The molecule has 17 heavy (non-hydrogen) atoms. The van der Waals surface area contributed by atoms with Gasteiger partial charge in [0.25, 0.3) is 0 Å². The van der Waals surface area contributed by atoms with Crippen LogP contribution >= 0.6 is 23.1 Å². The number of thioether (sulfide) groups is 1. The Hall–Kier alpha value is -1.34. The minimum Gasteiger partial charge on any atom is -0.490 e. The first-order valence-corrected chi connectivity index (χ1v) is 6.65. The van der Waals surface area contributed by atoms with Crippen molar-refractivity contribution in [3.8, 4) is 5.75 Å². The number of ether oxygens (including phenoxy) is 1. The van der Waals surface area contributed by atoms with Crippen LogP contribution in [-0.4, -0.2) is 22.6 Å². The smallest absolute Gasteiger partial charge is 0.203 e. The van der Waals surface area contributed by atoms with E-state index in [-0.39, 0.29) is 11.6 Å². The number of nitrogen functional groups attached to an aromatic ring is 1. The number of benzene rings is 1. The topological polar surface area (TPSA) is 61.0 Å². The van der Waals surface area contributed by atoms with Crippen molar-refractivity contribution in [1.29, 1.82) is 0 Å². The van der Waals surface area contributed by atoms with Crippen molar-refractivity contribution < 1.29 is 9.13 Å². The summed E-state index contributed by atoms with van der Waals surface area (Å²) in [7, 11) is 0. The first kappa shape index (κ1) is 12.1. The molecule has 0 spiro atoms. The summed E-state index contributed by atoms with van der Waals surface area (Å²) in [6.07, 6.45) is 0. The van der Waals surface area contributed by atoms with Crippen LogP contribution in [0, 0.1) is 5.82 Å². The highest BCUT2D eigenvalue weighted by atomic mass is 32.2. The van der Waals surface area contributed by atoms with Gasteiger partial charge in [-0.1, -0.05) is 35.2 Å². The Labute approximate surface area is 106 Å². The summed E-state index contributed by atoms with van der Waals surface area (Å²) in [6, 6.07) is 6.33. The Morgan fingerprint density at radius 2 is 2.18 bits per heavy atom. The molecule has 0 bridgehead atoms. The molecule has 0 radical (unpaired) electrons. The van der Waals surface area contributed by atoms with Crippen LogP contribution in [0.4, 0.5) is 9.52 Å². The molecule has 0 saturated heterocycles. The highest BCUT2D eigenvalue weighted by Crippen LogP contribution is 2.23. The fourth-order valence-electron chi connectivity index (χ4n) is 1.12. The molecule has 1 aromatic carbocycles. The van der Waals surface area contributed by atoms with E-state index in [2.05, 4.69) is 10.2 Å². The molecular formula is C10H10FN3OS2. The maximum atomic E-state index is 13.2. The first-order valence-electron chi connectivity index (χ1n) is 4.85. The summed E-state index contributed by atoms with van der Waals surface area (Å²) in [5, 5.41) is 7.99. The average Bonchev–Trinajstić information content (AvgIpc) is 2.73. The lowest BCUT2D eigenvalue weighted by atomic mass is 10.3. The van der Waals surface area contributed by atoms with Crippen molar-refractivity contribution >= 4 is 28.2 Å². The highest BCUT2D eigenvalue weighted by molar-refractivity contribution is 8.01. The molecule has 2 N–H and O–H groups in total. The third-order valence-electron chi connectivity index (χ3n) is 1.83. The molecule has 1 heterocycles. The minimum atomic E-state index is -0.349. The third-order valence-corrected chi connectivity index (χ3v) is 3.68. The van der Waals surface area contributed by atoms with Gasteiger partial charge in [0.1, 0.15) is 0 Å². The minimum absolute atomic E-state index is 0.268. The Morgan fingerprint density at radius 3 is 2.88 bits per heavy atom. The van der Waals surface area contributed by atoms with Gasteiger partial charge >= 0.3 is 0 Å². The predicted octanol–water partition coefficient (Wildman–Crippen LogP) is 2.43. The van der Waals surface area contributed by atoms with Crippen LogP contribution in [0.1, 0.15) is 0 Å². The SMILES string of the molecule is Nc1nnc(SCCOc2ccccc2F)s1. The first-order chi connectivity index (χ1) is 8.25. The monoisotopic (exact) mass is 271 g/mol. The molecule has 0 amide bonds. The Kier molecular flexibility index (Phi) is 4.16. The fraction of sp³-hybridized carbons (Fsp3) is 0.200. The van der Waals surface area contributed by atoms with E-state index in [1.54, 1.807) is 18.2 Å². The van der Waals surface area contributed by atoms with Crippen molar-refractivity contribution in [3.63, 3.8) is 0 Å². The molecule has 0 aliphatic heterocycles. The zero-order valence-corrected chi connectivity index (χ0v) is 10.4. The molecule has 0 aliphatic carbocycles. The summed E-state index contributed by atoms with van der Waals surface area (Å²) in [6.45, 7) is 0.408. The van der Waals surface area contributed by atoms with E-state index < -0.39 is 0 Å². The van der Waals surface area contributed by atoms with Crippen LogP contribution in [0.3, 0.4) is 0 Å². The van der Waals surface area contributed by atoms with Crippen LogP contribution in [-0.2, 0) is 0 Å². The van der Waals surface area contributed by atoms with E-state index in [1.165, 1.54) is 29.2 Å². The van der Waals surface area contributed by atoms with Gasteiger partial charge in [-0.25, -0.2) is 4.39 Å². The summed E-state index contributed by atoms with van der Waals surface area (Å²) in [5.74, 6) is 0.589. The molecule has 7 heteroatoms. The van der Waals surface area contributed by atoms with E-state index in [9.17, 15) is 4.39 Å². The molecule has 1 aromatic heterocycles. The zero-order valence-electron chi connectivity index (χ0n) is 8.80. The lowest BCUT2D eigenvalue weighted by Crippen LogP contribution is -2.01. The van der Waals surface area contributed by atoms with Crippen LogP contribution in [0.5, 0.6) is 5.75 Å². The van der Waals surface area contributed by atoms with Crippen molar-refractivity contribution in [2.45, 2.75) is 4.34 Å². The van der Waals surface area contributed by atoms with Gasteiger partial charge in [-0.2, -0.15) is 0 Å². The van der Waals surface area contributed by atoms with Crippen LogP contribution in [0.25, 0.3) is 0 Å². The number of para-hydroxylation sites is 1. The molecule has 90 valence electrons. The van der Waals surface area contributed by atoms with E-state index in [0.29, 0.717) is 17.5 Å². The summed E-state index contributed by atoms with van der Waals surface area (Å²) < 4.78 is 19.3. The Bertz CT molecular complexity index is 492. The largest absolute Gasteiger partial charge is 0.490 e. The maximum absolute atomic E-state index is 13.2. The second-order valence-corrected chi connectivity index (χ2v) is 5.38. The number of hydrogen-bond acceptors (Lipinski definition) is 6. The van der Waals surface area contributed by atoms with Gasteiger partial charge in [-0.3, -0.25) is 0 Å². The van der Waals surface area contributed by atoms with Crippen LogP contribution < -0.4 is 10.5 Å². The van der Waals surface area contributed by atoms with Gasteiger partial charge in [0.15, 0.2) is 15.9 Å². The fourth-order valence-corrected chi connectivity index (χ4v) is 2.65. The third kappa shape index (κ3) is 3.57. The quantitative estimate of drug-likeness (QED) is 0.668. The van der Waals surface area contributed by atoms with Gasteiger partial charge in [-0.15, -0.1) is 10.2 Å². The molecule has 0 unspecified atom stereocenters. The summed E-state index contributed by atoms with van der Waals surface area (Å²) in [5.41, 5.74) is 5.44. The van der Waals surface area contributed by atoms with Gasteiger partial charge in [-0.05, 0) is 12.1 Å². The van der Waals surface area contributed by atoms with Gasteiger partial charge in [0.05, 0.1) is 6.61 Å². The van der Waals surface area contributed by atoms with Gasteiger partial charge in [0, 0.05) is 5.75 Å². The number of rotatable bonds is 5. The Balaban J connectivity index is 1.75. The van der Waals surface area contributed by atoms with Crippen LogP contribution in [0.15, 0.2) is 28.6 Å². The van der Waals surface area contributed by atoms with Crippen molar-refractivity contribution in [1.82, 2.24) is 10.2 Å². The molecule has 0 aliphatic rings. The normalized spacial score (nSPS) is 10.4. The second kappa shape index (κ2) is 5.83. The molecule has 2 rings (SSSR count). The van der Waals surface area contributed by atoms with Crippen LogP contribution in [0.2, 0.25) is 0 Å². The standard InChI is InChI=1S/C10H10FN3OS2/c11-7-3-1-2-4-8(7)15-5-6-16-10-14-13-9(12)17-10/h1-4H,5-6H2,(H2,12,13). The number of hydrogen-bond donors (Lipinski definition) is 1. The predicted molar refractivity (Wildman–Crippen MR) is 66.9 cm³/mol. The summed E-state index contributed by atoms with van der Waals surface area (Å²) in [4.78, 5) is 0. The zero-order chi connectivity index (χ0) is 12.1. The second-order valence-electron chi connectivity index (χ2n) is 3.03. The van der Waals surface area contributed by atoms with E-state index >= 15 is 0 Å². The van der Waals surface area contributed by atoms with E-state index in [0.717, 1.165) is 4.34 Å². The molecule has 0 fully saturated rings. The van der Waals surface area contributed by atoms with E-state index in [4.69, 9.17) is 10.5 Å². The average molecular weight is 271 g/mol. The number of halogens is 1. The Morgan fingerprint density at radius 1 is 1.35 bits per heavy atom. The number of aromatic nitrogens is 2. The molecule has 2 aromatic rings. The van der Waals surface area contributed by atoms with Gasteiger partial charge in [0.2, 0.25) is 5.13 Å². The van der Waals surface area contributed by atoms with Crippen molar-refractivity contribution in [2.24, 2.45) is 0 Å². The maximum Gasteiger partial charge on any atom is 0.203 e. The molecule has 0 atom stereocenters. The number of nitrogens with two attached hydrogens (primary N) is 1. The highest BCUT2D eigenvalue weighted by Gasteiger charge is 2.03. The number of nitrogens with zero attached hydrogens (tertiary/aromatic N) is 2. The summed E-state index contributed by atoms with van der Waals surface area (Å²) >= 11 is 2.81. The lowest BCUT2D eigenvalue weighted by Gasteiger charge is -2.05.